The van der Waals surface area contributed by atoms with Gasteiger partial charge in [0.25, 0.3) is 0 Å². The van der Waals surface area contributed by atoms with E-state index in [0.717, 1.165) is 12.0 Å². The highest BCUT2D eigenvalue weighted by atomic mass is 19.1. The number of nitrogens with one attached hydrogen (secondary N) is 1. The van der Waals surface area contributed by atoms with Gasteiger partial charge in [0.15, 0.2) is 0 Å². The van der Waals surface area contributed by atoms with Gasteiger partial charge in [-0.1, -0.05) is 32.9 Å². The van der Waals surface area contributed by atoms with Crippen molar-refractivity contribution < 1.29 is 9.18 Å². The first-order valence-corrected chi connectivity index (χ1v) is 6.53. The molecule has 0 heterocycles. The van der Waals surface area contributed by atoms with Gasteiger partial charge in [0, 0.05) is 19.0 Å². The molecule has 0 spiro atoms. The fourth-order valence-corrected chi connectivity index (χ4v) is 2.02. The molecule has 0 bridgehead atoms. The number of halogens is 1. The van der Waals surface area contributed by atoms with Crippen LogP contribution in [-0.2, 0) is 11.3 Å². The van der Waals surface area contributed by atoms with E-state index in [1.807, 2.05) is 0 Å². The van der Waals surface area contributed by atoms with Crippen molar-refractivity contribution in [3.8, 4) is 0 Å². The molecule has 4 heteroatoms. The molecule has 0 aliphatic carbocycles. The third kappa shape index (κ3) is 6.91. The number of hydrogen-bond acceptors (Lipinski definition) is 2. The van der Waals surface area contributed by atoms with Crippen molar-refractivity contribution in [2.75, 3.05) is 0 Å². The van der Waals surface area contributed by atoms with Crippen LogP contribution >= 0.6 is 0 Å². The first-order valence-electron chi connectivity index (χ1n) is 6.53. The van der Waals surface area contributed by atoms with E-state index in [9.17, 15) is 9.18 Å². The minimum absolute atomic E-state index is 0.0963. The van der Waals surface area contributed by atoms with E-state index >= 15 is 0 Å². The average molecular weight is 266 g/mol. The second-order valence-electron chi connectivity index (χ2n) is 6.14. The predicted molar refractivity (Wildman–Crippen MR) is 74.9 cm³/mol. The minimum Gasteiger partial charge on any atom is -0.352 e. The SMILES string of the molecule is CC(C)(C)CC(N)CC(=O)NCc1cccc(F)c1. The van der Waals surface area contributed by atoms with E-state index in [2.05, 4.69) is 26.1 Å². The van der Waals surface area contributed by atoms with Crippen molar-refractivity contribution in [2.24, 2.45) is 11.1 Å². The lowest BCUT2D eigenvalue weighted by Gasteiger charge is -2.22. The number of carbonyl (C=O) groups is 1. The Morgan fingerprint density at radius 2 is 2.11 bits per heavy atom. The molecule has 1 aromatic carbocycles. The molecule has 1 rings (SSSR count). The Morgan fingerprint density at radius 1 is 1.42 bits per heavy atom. The number of hydrogen-bond donors (Lipinski definition) is 2. The van der Waals surface area contributed by atoms with Gasteiger partial charge in [0.05, 0.1) is 0 Å². The van der Waals surface area contributed by atoms with Crippen LogP contribution in [0, 0.1) is 11.2 Å². The molecule has 1 unspecified atom stereocenters. The Hall–Kier alpha value is -1.42. The van der Waals surface area contributed by atoms with Crippen molar-refractivity contribution >= 4 is 5.91 Å². The zero-order valence-corrected chi connectivity index (χ0v) is 11.9. The van der Waals surface area contributed by atoms with Crippen molar-refractivity contribution in [3.05, 3.63) is 35.6 Å². The van der Waals surface area contributed by atoms with Crippen LogP contribution in [0.2, 0.25) is 0 Å². The largest absolute Gasteiger partial charge is 0.352 e. The molecule has 0 aromatic heterocycles. The van der Waals surface area contributed by atoms with Gasteiger partial charge in [0.2, 0.25) is 5.91 Å². The van der Waals surface area contributed by atoms with Gasteiger partial charge < -0.3 is 11.1 Å². The number of nitrogens with two attached hydrogens (primary N) is 1. The van der Waals surface area contributed by atoms with Crippen molar-refractivity contribution in [2.45, 2.75) is 46.2 Å². The van der Waals surface area contributed by atoms with E-state index in [1.165, 1.54) is 12.1 Å². The summed E-state index contributed by atoms with van der Waals surface area (Å²) >= 11 is 0. The zero-order valence-electron chi connectivity index (χ0n) is 11.9. The third-order valence-electron chi connectivity index (χ3n) is 2.70. The Labute approximate surface area is 114 Å². The van der Waals surface area contributed by atoms with Crippen LogP contribution in [-0.4, -0.2) is 11.9 Å². The summed E-state index contributed by atoms with van der Waals surface area (Å²) in [5, 5.41) is 2.76. The molecule has 0 aliphatic rings. The molecule has 0 saturated carbocycles. The normalized spacial score (nSPS) is 13.1. The smallest absolute Gasteiger partial charge is 0.221 e. The summed E-state index contributed by atoms with van der Waals surface area (Å²) in [6, 6.07) is 6.05. The maximum absolute atomic E-state index is 13.0. The third-order valence-corrected chi connectivity index (χ3v) is 2.70. The van der Waals surface area contributed by atoms with Gasteiger partial charge in [-0.15, -0.1) is 0 Å². The van der Waals surface area contributed by atoms with E-state index in [4.69, 9.17) is 5.73 Å². The Balaban J connectivity index is 2.36. The average Bonchev–Trinajstić information content (AvgIpc) is 2.23. The van der Waals surface area contributed by atoms with Crippen LogP contribution in [0.4, 0.5) is 4.39 Å². The molecule has 0 fully saturated rings. The predicted octanol–water partition coefficient (Wildman–Crippen LogP) is 2.60. The topological polar surface area (TPSA) is 55.1 Å². The van der Waals surface area contributed by atoms with Crippen molar-refractivity contribution in [3.63, 3.8) is 0 Å². The fraction of sp³-hybridized carbons (Fsp3) is 0.533. The van der Waals surface area contributed by atoms with E-state index < -0.39 is 0 Å². The molecule has 3 N–H and O–H groups in total. The van der Waals surface area contributed by atoms with Gasteiger partial charge in [-0.3, -0.25) is 4.79 Å². The summed E-state index contributed by atoms with van der Waals surface area (Å²) in [4.78, 5) is 11.7. The highest BCUT2D eigenvalue weighted by Crippen LogP contribution is 2.20. The van der Waals surface area contributed by atoms with Gasteiger partial charge in [-0.2, -0.15) is 0 Å². The Kier molecular flexibility index (Phi) is 5.48. The first-order chi connectivity index (χ1) is 8.76. The van der Waals surface area contributed by atoms with Gasteiger partial charge >= 0.3 is 0 Å². The highest BCUT2D eigenvalue weighted by molar-refractivity contribution is 5.76. The fourth-order valence-electron chi connectivity index (χ4n) is 2.02. The summed E-state index contributed by atoms with van der Waals surface area (Å²) < 4.78 is 13.0. The molecule has 3 nitrogen and oxygen atoms in total. The Morgan fingerprint density at radius 3 is 2.68 bits per heavy atom. The van der Waals surface area contributed by atoms with E-state index in [-0.39, 0.29) is 23.2 Å². The molecule has 106 valence electrons. The van der Waals surface area contributed by atoms with Gasteiger partial charge in [0.1, 0.15) is 5.82 Å². The molecule has 0 radical (unpaired) electrons. The van der Waals surface area contributed by atoms with Crippen LogP contribution in [0.5, 0.6) is 0 Å². The van der Waals surface area contributed by atoms with Crippen LogP contribution in [0.3, 0.4) is 0 Å². The monoisotopic (exact) mass is 266 g/mol. The molecule has 1 atom stereocenters. The zero-order chi connectivity index (χ0) is 14.5. The molecule has 1 aromatic rings. The van der Waals surface area contributed by atoms with E-state index in [0.29, 0.717) is 13.0 Å². The summed E-state index contributed by atoms with van der Waals surface area (Å²) in [6.07, 6.45) is 1.09. The first kappa shape index (κ1) is 15.6. The molecular weight excluding hydrogens is 243 g/mol. The number of carbonyl (C=O) groups excluding carboxylic acids is 1. The summed E-state index contributed by atoms with van der Waals surface area (Å²) in [5.74, 6) is -0.391. The molecular formula is C15H23FN2O. The lowest BCUT2D eigenvalue weighted by atomic mass is 9.87. The molecule has 19 heavy (non-hydrogen) atoms. The standard InChI is InChI=1S/C15H23FN2O/c1-15(2,3)9-13(17)8-14(19)18-10-11-5-4-6-12(16)7-11/h4-7,13H,8-10,17H2,1-3H3,(H,18,19). The second kappa shape index (κ2) is 6.66. The maximum Gasteiger partial charge on any atom is 0.221 e. The molecule has 0 saturated heterocycles. The quantitative estimate of drug-likeness (QED) is 0.860. The number of rotatable bonds is 5. The second-order valence-corrected chi connectivity index (χ2v) is 6.14. The van der Waals surface area contributed by atoms with Crippen LogP contribution in [0.25, 0.3) is 0 Å². The summed E-state index contributed by atoms with van der Waals surface area (Å²) in [7, 11) is 0. The lowest BCUT2D eigenvalue weighted by molar-refractivity contribution is -0.121. The summed E-state index contributed by atoms with van der Waals surface area (Å²) in [5.41, 5.74) is 6.79. The Bertz CT molecular complexity index is 426. The van der Waals surface area contributed by atoms with Gasteiger partial charge in [-0.05, 0) is 29.5 Å². The van der Waals surface area contributed by atoms with Crippen LogP contribution < -0.4 is 11.1 Å². The lowest BCUT2D eigenvalue weighted by Crippen LogP contribution is -2.34. The van der Waals surface area contributed by atoms with Crippen molar-refractivity contribution in [1.82, 2.24) is 5.32 Å². The van der Waals surface area contributed by atoms with Crippen LogP contribution in [0.1, 0.15) is 39.2 Å². The van der Waals surface area contributed by atoms with E-state index in [1.54, 1.807) is 12.1 Å². The van der Waals surface area contributed by atoms with Crippen LogP contribution in [0.15, 0.2) is 24.3 Å². The minimum atomic E-state index is -0.295. The number of amides is 1. The van der Waals surface area contributed by atoms with Gasteiger partial charge in [-0.25, -0.2) is 4.39 Å². The number of benzene rings is 1. The summed E-state index contributed by atoms with van der Waals surface area (Å²) in [6.45, 7) is 6.62. The molecule has 1 amide bonds. The highest BCUT2D eigenvalue weighted by Gasteiger charge is 2.17. The maximum atomic E-state index is 13.0. The van der Waals surface area contributed by atoms with Crippen molar-refractivity contribution in [1.29, 1.82) is 0 Å². The molecule has 0 aliphatic heterocycles.